The average molecular weight is 222 g/mol. The van der Waals surface area contributed by atoms with Crippen molar-refractivity contribution in [2.75, 3.05) is 26.8 Å². The molecule has 0 saturated carbocycles. The second-order valence-electron chi connectivity index (χ2n) is 4.18. The second-order valence-corrected chi connectivity index (χ2v) is 4.18. The van der Waals surface area contributed by atoms with Crippen molar-refractivity contribution in [3.8, 4) is 0 Å². The van der Waals surface area contributed by atoms with Gasteiger partial charge in [-0.05, 0) is 25.0 Å². The van der Waals surface area contributed by atoms with Crippen LogP contribution in [0.15, 0.2) is 24.5 Å². The summed E-state index contributed by atoms with van der Waals surface area (Å²) >= 11 is 0. The summed E-state index contributed by atoms with van der Waals surface area (Å²) in [6.07, 6.45) is 6.25. The minimum absolute atomic E-state index is 0.105. The molecule has 16 heavy (non-hydrogen) atoms. The number of aromatic nitrogens is 1. The van der Waals surface area contributed by atoms with Crippen molar-refractivity contribution in [1.82, 2.24) is 9.47 Å². The van der Waals surface area contributed by atoms with Crippen LogP contribution in [0.2, 0.25) is 0 Å². The van der Waals surface area contributed by atoms with E-state index in [1.807, 2.05) is 17.0 Å². The molecule has 0 radical (unpaired) electrons. The fraction of sp³-hybridized carbons (Fsp3) is 0.583. The predicted molar refractivity (Wildman–Crippen MR) is 61.2 cm³/mol. The van der Waals surface area contributed by atoms with E-state index in [4.69, 9.17) is 4.74 Å². The molecule has 1 amide bonds. The molecule has 1 aromatic heterocycles. The highest BCUT2D eigenvalue weighted by atomic mass is 16.5. The molecular weight excluding hydrogens is 204 g/mol. The zero-order valence-corrected chi connectivity index (χ0v) is 9.63. The number of methoxy groups -OCH3 is 1. The molecule has 0 N–H and O–H groups in total. The first kappa shape index (κ1) is 11.2. The molecule has 2 heterocycles. The summed E-state index contributed by atoms with van der Waals surface area (Å²) in [5, 5.41) is 0. The van der Waals surface area contributed by atoms with Gasteiger partial charge in [-0.3, -0.25) is 4.79 Å². The van der Waals surface area contributed by atoms with Crippen LogP contribution < -0.4 is 0 Å². The van der Waals surface area contributed by atoms with Gasteiger partial charge in [0.2, 0.25) is 5.91 Å². The smallest absolute Gasteiger partial charge is 0.248 e. The quantitative estimate of drug-likeness (QED) is 0.772. The van der Waals surface area contributed by atoms with Crippen molar-refractivity contribution >= 4 is 5.91 Å². The lowest BCUT2D eigenvalue weighted by Crippen LogP contribution is -2.40. The van der Waals surface area contributed by atoms with Gasteiger partial charge in [0.15, 0.2) is 0 Å². The van der Waals surface area contributed by atoms with Gasteiger partial charge in [0.05, 0.1) is 0 Å². The fourth-order valence-corrected chi connectivity index (χ4v) is 2.22. The summed E-state index contributed by atoms with van der Waals surface area (Å²) in [4.78, 5) is 13.5. The highest BCUT2D eigenvalue weighted by Crippen LogP contribution is 2.22. The Morgan fingerprint density at radius 1 is 1.31 bits per heavy atom. The van der Waals surface area contributed by atoms with Crippen LogP contribution in [0.25, 0.3) is 0 Å². The molecule has 1 saturated heterocycles. The third kappa shape index (κ3) is 2.44. The molecule has 4 heteroatoms. The van der Waals surface area contributed by atoms with Crippen molar-refractivity contribution in [1.29, 1.82) is 0 Å². The van der Waals surface area contributed by atoms with E-state index in [2.05, 4.69) is 17.0 Å². The van der Waals surface area contributed by atoms with Gasteiger partial charge in [0.25, 0.3) is 0 Å². The number of ether oxygens (including phenoxy) is 1. The van der Waals surface area contributed by atoms with E-state index in [1.54, 1.807) is 7.11 Å². The SMILES string of the molecule is COCC(=O)N1CCC(n2cccc2)CC1. The average Bonchev–Trinajstić information content (AvgIpc) is 2.83. The largest absolute Gasteiger partial charge is 0.375 e. The lowest BCUT2D eigenvalue weighted by Gasteiger charge is -2.32. The maximum Gasteiger partial charge on any atom is 0.248 e. The van der Waals surface area contributed by atoms with Crippen LogP contribution in [0.5, 0.6) is 0 Å². The molecule has 1 aliphatic rings. The topological polar surface area (TPSA) is 34.5 Å². The molecule has 0 aliphatic carbocycles. The standard InChI is InChI=1S/C12H18N2O2/c1-16-10-12(15)14-8-4-11(5-9-14)13-6-2-3-7-13/h2-3,6-7,11H,4-5,8-10H2,1H3. The van der Waals surface area contributed by atoms with Crippen LogP contribution in [-0.4, -0.2) is 42.2 Å². The van der Waals surface area contributed by atoms with E-state index in [0.29, 0.717) is 6.04 Å². The lowest BCUT2D eigenvalue weighted by atomic mass is 10.1. The van der Waals surface area contributed by atoms with Gasteiger partial charge in [-0.25, -0.2) is 0 Å². The normalized spacial score (nSPS) is 17.7. The van der Waals surface area contributed by atoms with Crippen LogP contribution in [0.1, 0.15) is 18.9 Å². The number of carbonyl (C=O) groups is 1. The summed E-state index contributed by atoms with van der Waals surface area (Å²) in [5.74, 6) is 0.105. The summed E-state index contributed by atoms with van der Waals surface area (Å²) in [6.45, 7) is 1.88. The van der Waals surface area contributed by atoms with Crippen molar-refractivity contribution in [3.63, 3.8) is 0 Å². The summed E-state index contributed by atoms with van der Waals surface area (Å²) in [6, 6.07) is 4.63. The Kier molecular flexibility index (Phi) is 3.62. The number of amides is 1. The Hall–Kier alpha value is -1.29. The highest BCUT2D eigenvalue weighted by Gasteiger charge is 2.22. The fourth-order valence-electron chi connectivity index (χ4n) is 2.22. The molecule has 0 unspecified atom stereocenters. The number of piperidine rings is 1. The molecule has 4 nitrogen and oxygen atoms in total. The van der Waals surface area contributed by atoms with Gasteiger partial charge in [-0.15, -0.1) is 0 Å². The molecule has 1 fully saturated rings. The van der Waals surface area contributed by atoms with Crippen LogP contribution in [-0.2, 0) is 9.53 Å². The van der Waals surface area contributed by atoms with E-state index in [-0.39, 0.29) is 12.5 Å². The molecule has 1 aliphatic heterocycles. The maximum absolute atomic E-state index is 11.6. The van der Waals surface area contributed by atoms with Crippen molar-refractivity contribution < 1.29 is 9.53 Å². The van der Waals surface area contributed by atoms with E-state index in [0.717, 1.165) is 25.9 Å². The summed E-state index contributed by atoms with van der Waals surface area (Å²) in [5.41, 5.74) is 0. The van der Waals surface area contributed by atoms with Gasteiger partial charge >= 0.3 is 0 Å². The van der Waals surface area contributed by atoms with Crippen LogP contribution in [0.3, 0.4) is 0 Å². The van der Waals surface area contributed by atoms with E-state index < -0.39 is 0 Å². The van der Waals surface area contributed by atoms with Crippen molar-refractivity contribution in [3.05, 3.63) is 24.5 Å². The Labute approximate surface area is 95.8 Å². The summed E-state index contributed by atoms with van der Waals surface area (Å²) in [7, 11) is 1.56. The van der Waals surface area contributed by atoms with Gasteiger partial charge < -0.3 is 14.2 Å². The van der Waals surface area contributed by atoms with Crippen molar-refractivity contribution in [2.24, 2.45) is 0 Å². The van der Waals surface area contributed by atoms with Crippen LogP contribution >= 0.6 is 0 Å². The van der Waals surface area contributed by atoms with Gasteiger partial charge in [0.1, 0.15) is 6.61 Å². The monoisotopic (exact) mass is 222 g/mol. The van der Waals surface area contributed by atoms with E-state index in [1.165, 1.54) is 0 Å². The molecule has 0 aromatic carbocycles. The minimum atomic E-state index is 0.105. The first-order valence-corrected chi connectivity index (χ1v) is 5.70. The van der Waals surface area contributed by atoms with E-state index >= 15 is 0 Å². The third-order valence-corrected chi connectivity index (χ3v) is 3.13. The molecule has 0 spiro atoms. The van der Waals surface area contributed by atoms with Crippen LogP contribution in [0.4, 0.5) is 0 Å². The first-order valence-electron chi connectivity index (χ1n) is 5.70. The van der Waals surface area contributed by atoms with Crippen molar-refractivity contribution in [2.45, 2.75) is 18.9 Å². The first-order chi connectivity index (χ1) is 7.81. The predicted octanol–water partition coefficient (Wildman–Crippen LogP) is 1.30. The number of rotatable bonds is 3. The molecular formula is C12H18N2O2. The zero-order valence-electron chi connectivity index (χ0n) is 9.63. The number of nitrogens with zero attached hydrogens (tertiary/aromatic N) is 2. The summed E-state index contributed by atoms with van der Waals surface area (Å²) < 4.78 is 7.09. The maximum atomic E-state index is 11.6. The molecule has 0 atom stereocenters. The number of hydrogen-bond acceptors (Lipinski definition) is 2. The number of hydrogen-bond donors (Lipinski definition) is 0. The third-order valence-electron chi connectivity index (χ3n) is 3.13. The Bertz CT molecular complexity index is 327. The van der Waals surface area contributed by atoms with Crippen LogP contribution in [0, 0.1) is 0 Å². The van der Waals surface area contributed by atoms with E-state index in [9.17, 15) is 4.79 Å². The number of carbonyl (C=O) groups excluding carboxylic acids is 1. The van der Waals surface area contributed by atoms with Gasteiger partial charge in [-0.2, -0.15) is 0 Å². The molecule has 88 valence electrons. The zero-order chi connectivity index (χ0) is 11.4. The number of likely N-dealkylation sites (tertiary alicyclic amines) is 1. The Morgan fingerprint density at radius 3 is 2.50 bits per heavy atom. The Balaban J connectivity index is 1.85. The second kappa shape index (κ2) is 5.16. The Morgan fingerprint density at radius 2 is 1.94 bits per heavy atom. The molecule has 0 bridgehead atoms. The van der Waals surface area contributed by atoms with Gasteiger partial charge in [-0.1, -0.05) is 0 Å². The van der Waals surface area contributed by atoms with Gasteiger partial charge in [0, 0.05) is 38.6 Å². The lowest BCUT2D eigenvalue weighted by molar-refractivity contribution is -0.136. The minimum Gasteiger partial charge on any atom is -0.375 e. The molecule has 1 aromatic rings. The highest BCUT2D eigenvalue weighted by molar-refractivity contribution is 5.77. The molecule has 2 rings (SSSR count).